The lowest BCUT2D eigenvalue weighted by Crippen LogP contribution is -2.34. The Morgan fingerprint density at radius 3 is 2.70 bits per heavy atom. The topological polar surface area (TPSA) is 64.0 Å². The van der Waals surface area contributed by atoms with E-state index in [1.54, 1.807) is 6.92 Å². The molecular weight excluding hydrogens is 383 g/mol. The first kappa shape index (κ1) is 19.4. The molecule has 0 aliphatic heterocycles. The van der Waals surface area contributed by atoms with Crippen LogP contribution in [-0.2, 0) is 30.4 Å². The van der Waals surface area contributed by atoms with Crippen molar-refractivity contribution in [1.29, 1.82) is 0 Å². The minimum absolute atomic E-state index is 0.0478. The fraction of sp³-hybridized carbons (Fsp3) is 0.389. The van der Waals surface area contributed by atoms with Gasteiger partial charge in [0.1, 0.15) is 12.4 Å². The highest BCUT2D eigenvalue weighted by atomic mass is 35.5. The predicted molar refractivity (Wildman–Crippen MR) is 95.0 cm³/mol. The Morgan fingerprint density at radius 1 is 1.30 bits per heavy atom. The third kappa shape index (κ3) is 4.16. The van der Waals surface area contributed by atoms with Gasteiger partial charge in [0.05, 0.1) is 16.3 Å². The summed E-state index contributed by atoms with van der Waals surface area (Å²) in [4.78, 5) is 29.3. The van der Waals surface area contributed by atoms with Gasteiger partial charge in [-0.1, -0.05) is 11.6 Å². The van der Waals surface area contributed by atoms with Crippen LogP contribution in [0.15, 0.2) is 23.0 Å². The molecule has 0 atom stereocenters. The summed E-state index contributed by atoms with van der Waals surface area (Å²) in [6, 6.07) is 3.11. The van der Waals surface area contributed by atoms with E-state index in [9.17, 15) is 22.8 Å². The molecule has 144 valence electrons. The fourth-order valence-corrected chi connectivity index (χ4v) is 3.38. The van der Waals surface area contributed by atoms with Crippen LogP contribution < -0.4 is 10.9 Å². The summed E-state index contributed by atoms with van der Waals surface area (Å²) in [5, 5.41) is 1.93. The highest BCUT2D eigenvalue weighted by molar-refractivity contribution is 6.31. The Balaban J connectivity index is 1.82. The van der Waals surface area contributed by atoms with E-state index in [1.165, 1.54) is 10.6 Å². The SMILES string of the molecule is Cc1nc2c(c(=O)n1CC(=O)Nc1ccc(Cl)c(C(F)(F)F)c1)CCCC2. The van der Waals surface area contributed by atoms with Crippen LogP contribution in [0.25, 0.3) is 0 Å². The number of nitrogens with one attached hydrogen (secondary N) is 1. The molecule has 1 aliphatic rings. The third-order valence-electron chi connectivity index (χ3n) is 4.49. The van der Waals surface area contributed by atoms with Crippen molar-refractivity contribution in [3.05, 3.63) is 56.2 Å². The number of carbonyl (C=O) groups is 1. The average Bonchev–Trinajstić information content (AvgIpc) is 2.59. The molecule has 0 saturated heterocycles. The number of amides is 1. The van der Waals surface area contributed by atoms with Crippen LogP contribution in [0.5, 0.6) is 0 Å². The predicted octanol–water partition coefficient (Wildman–Crippen LogP) is 3.74. The summed E-state index contributed by atoms with van der Waals surface area (Å²) >= 11 is 5.57. The molecule has 0 spiro atoms. The monoisotopic (exact) mass is 399 g/mol. The van der Waals surface area contributed by atoms with E-state index >= 15 is 0 Å². The first-order valence-corrected chi connectivity index (χ1v) is 8.80. The number of halogens is 4. The molecule has 3 rings (SSSR count). The number of aromatic nitrogens is 2. The molecule has 1 amide bonds. The molecule has 27 heavy (non-hydrogen) atoms. The Bertz CT molecular complexity index is 954. The first-order valence-electron chi connectivity index (χ1n) is 8.42. The van der Waals surface area contributed by atoms with Gasteiger partial charge in [-0.25, -0.2) is 4.98 Å². The van der Waals surface area contributed by atoms with Gasteiger partial charge in [-0.2, -0.15) is 13.2 Å². The van der Waals surface area contributed by atoms with Crippen LogP contribution in [0.4, 0.5) is 18.9 Å². The standard InChI is InChI=1S/C18H17ClF3N3O2/c1-10-23-15-5-3-2-4-12(15)17(27)25(10)9-16(26)24-11-6-7-14(19)13(8-11)18(20,21)22/h6-8H,2-5,9H2,1H3,(H,24,26). The quantitative estimate of drug-likeness (QED) is 0.855. The third-order valence-corrected chi connectivity index (χ3v) is 4.82. The van der Waals surface area contributed by atoms with Crippen LogP contribution >= 0.6 is 11.6 Å². The Hall–Kier alpha value is -2.35. The molecule has 1 aromatic heterocycles. The van der Waals surface area contributed by atoms with Crippen LogP contribution in [0.2, 0.25) is 5.02 Å². The number of hydrogen-bond acceptors (Lipinski definition) is 3. The number of hydrogen-bond donors (Lipinski definition) is 1. The maximum Gasteiger partial charge on any atom is 0.417 e. The highest BCUT2D eigenvalue weighted by Gasteiger charge is 2.33. The number of alkyl halides is 3. The number of aryl methyl sites for hydroxylation is 2. The van der Waals surface area contributed by atoms with E-state index in [-0.39, 0.29) is 17.8 Å². The lowest BCUT2D eigenvalue weighted by atomic mass is 9.97. The minimum atomic E-state index is -4.63. The summed E-state index contributed by atoms with van der Waals surface area (Å²) in [6.45, 7) is 1.31. The zero-order chi connectivity index (χ0) is 19.8. The smallest absolute Gasteiger partial charge is 0.325 e. The Kier molecular flexibility index (Phi) is 5.28. The summed E-state index contributed by atoms with van der Waals surface area (Å²) in [7, 11) is 0. The molecule has 0 saturated carbocycles. The normalized spacial score (nSPS) is 14.0. The van der Waals surface area contributed by atoms with Gasteiger partial charge in [0, 0.05) is 11.3 Å². The second-order valence-electron chi connectivity index (χ2n) is 6.42. The number of benzene rings is 1. The molecule has 1 aromatic carbocycles. The number of carbonyl (C=O) groups excluding carboxylic acids is 1. The van der Waals surface area contributed by atoms with Crippen molar-refractivity contribution < 1.29 is 18.0 Å². The largest absolute Gasteiger partial charge is 0.417 e. The van der Waals surface area contributed by atoms with Gasteiger partial charge in [0.25, 0.3) is 5.56 Å². The van der Waals surface area contributed by atoms with Gasteiger partial charge in [-0.05, 0) is 50.8 Å². The van der Waals surface area contributed by atoms with Crippen molar-refractivity contribution in [2.75, 3.05) is 5.32 Å². The lowest BCUT2D eigenvalue weighted by Gasteiger charge is -2.18. The summed E-state index contributed by atoms with van der Waals surface area (Å²) < 4.78 is 40.0. The first-order chi connectivity index (χ1) is 12.7. The van der Waals surface area contributed by atoms with E-state index in [4.69, 9.17) is 11.6 Å². The number of rotatable bonds is 3. The van der Waals surface area contributed by atoms with Crippen molar-refractivity contribution in [3.63, 3.8) is 0 Å². The van der Waals surface area contributed by atoms with Gasteiger partial charge in [0.2, 0.25) is 5.91 Å². The van der Waals surface area contributed by atoms with E-state index in [0.717, 1.165) is 37.1 Å². The highest BCUT2D eigenvalue weighted by Crippen LogP contribution is 2.36. The van der Waals surface area contributed by atoms with Crippen LogP contribution in [-0.4, -0.2) is 15.5 Å². The van der Waals surface area contributed by atoms with E-state index in [1.807, 2.05) is 0 Å². The van der Waals surface area contributed by atoms with Crippen molar-refractivity contribution in [1.82, 2.24) is 9.55 Å². The molecule has 0 radical (unpaired) electrons. The molecule has 5 nitrogen and oxygen atoms in total. The summed E-state index contributed by atoms with van der Waals surface area (Å²) in [5.74, 6) is -0.212. The molecule has 1 heterocycles. The summed E-state index contributed by atoms with van der Waals surface area (Å²) in [5.41, 5.74) is 0.0389. The fourth-order valence-electron chi connectivity index (χ4n) is 3.16. The zero-order valence-electron chi connectivity index (χ0n) is 14.5. The van der Waals surface area contributed by atoms with E-state index in [0.29, 0.717) is 17.8 Å². The average molecular weight is 400 g/mol. The van der Waals surface area contributed by atoms with Gasteiger partial charge < -0.3 is 5.32 Å². The van der Waals surface area contributed by atoms with Crippen LogP contribution in [0.3, 0.4) is 0 Å². The molecule has 0 fully saturated rings. The van der Waals surface area contributed by atoms with Gasteiger partial charge in [-0.3, -0.25) is 14.2 Å². The molecule has 2 aromatic rings. The number of anilines is 1. The van der Waals surface area contributed by atoms with Crippen LogP contribution in [0.1, 0.15) is 35.5 Å². The van der Waals surface area contributed by atoms with E-state index in [2.05, 4.69) is 10.3 Å². The van der Waals surface area contributed by atoms with Crippen molar-refractivity contribution in [2.24, 2.45) is 0 Å². The molecule has 1 N–H and O–H groups in total. The lowest BCUT2D eigenvalue weighted by molar-refractivity contribution is -0.137. The Morgan fingerprint density at radius 2 is 2.00 bits per heavy atom. The second-order valence-corrected chi connectivity index (χ2v) is 6.83. The van der Waals surface area contributed by atoms with Gasteiger partial charge in [0.15, 0.2) is 0 Å². The zero-order valence-corrected chi connectivity index (χ0v) is 15.2. The minimum Gasteiger partial charge on any atom is -0.325 e. The van der Waals surface area contributed by atoms with E-state index < -0.39 is 22.7 Å². The molecule has 0 unspecified atom stereocenters. The second kappa shape index (κ2) is 7.34. The maximum absolute atomic E-state index is 12.9. The molecular formula is C18H17ClF3N3O2. The van der Waals surface area contributed by atoms with Crippen molar-refractivity contribution >= 4 is 23.2 Å². The maximum atomic E-state index is 12.9. The number of nitrogens with zero attached hydrogens (tertiary/aromatic N) is 2. The number of fused-ring (bicyclic) bond motifs is 1. The molecule has 0 bridgehead atoms. The Labute approximate surface area is 158 Å². The van der Waals surface area contributed by atoms with Gasteiger partial charge >= 0.3 is 6.18 Å². The van der Waals surface area contributed by atoms with Crippen molar-refractivity contribution in [3.8, 4) is 0 Å². The summed E-state index contributed by atoms with van der Waals surface area (Å²) in [6.07, 6.45) is -1.40. The molecule has 1 aliphatic carbocycles. The van der Waals surface area contributed by atoms with Crippen molar-refractivity contribution in [2.45, 2.75) is 45.3 Å². The van der Waals surface area contributed by atoms with Gasteiger partial charge in [-0.15, -0.1) is 0 Å². The molecule has 9 heteroatoms. The van der Waals surface area contributed by atoms with Crippen LogP contribution in [0, 0.1) is 6.92 Å².